The quantitative estimate of drug-likeness (QED) is 0.703. The van der Waals surface area contributed by atoms with Crippen LogP contribution >= 0.6 is 22.9 Å². The number of rotatable bonds is 1. The molecule has 0 aliphatic carbocycles. The van der Waals surface area contributed by atoms with Crippen molar-refractivity contribution in [2.24, 2.45) is 0 Å². The van der Waals surface area contributed by atoms with Gasteiger partial charge in [-0.2, -0.15) is 0 Å². The Bertz CT molecular complexity index is 513. The number of aryl methyl sites for hydroxylation is 1. The summed E-state index contributed by atoms with van der Waals surface area (Å²) in [6.45, 7) is 7.87. The van der Waals surface area contributed by atoms with Gasteiger partial charge in [0.2, 0.25) is 0 Å². The SMILES string of the molecule is C=C(C)c1cc(Cl)c2nc(C)sc2c1. The first-order chi connectivity index (χ1) is 6.58. The number of fused-ring (bicyclic) bond motifs is 1. The van der Waals surface area contributed by atoms with Gasteiger partial charge in [-0.1, -0.05) is 23.8 Å². The topological polar surface area (TPSA) is 12.9 Å². The Morgan fingerprint density at radius 2 is 2.21 bits per heavy atom. The van der Waals surface area contributed by atoms with E-state index >= 15 is 0 Å². The van der Waals surface area contributed by atoms with Crippen molar-refractivity contribution >= 4 is 38.7 Å². The van der Waals surface area contributed by atoms with Crippen molar-refractivity contribution < 1.29 is 0 Å². The molecule has 1 aromatic heterocycles. The van der Waals surface area contributed by atoms with Gasteiger partial charge in [-0.3, -0.25) is 0 Å². The van der Waals surface area contributed by atoms with Crippen LogP contribution in [0.5, 0.6) is 0 Å². The van der Waals surface area contributed by atoms with E-state index in [4.69, 9.17) is 11.6 Å². The molecule has 0 radical (unpaired) electrons. The zero-order valence-corrected chi connectivity index (χ0v) is 9.67. The zero-order valence-electron chi connectivity index (χ0n) is 8.10. The van der Waals surface area contributed by atoms with Gasteiger partial charge < -0.3 is 0 Å². The first-order valence-corrected chi connectivity index (χ1v) is 5.50. The highest BCUT2D eigenvalue weighted by Gasteiger charge is 2.07. The fourth-order valence-corrected chi connectivity index (χ4v) is 2.56. The Morgan fingerprint density at radius 1 is 1.50 bits per heavy atom. The van der Waals surface area contributed by atoms with Crippen LogP contribution in [0.25, 0.3) is 15.8 Å². The van der Waals surface area contributed by atoms with E-state index in [2.05, 4.69) is 17.6 Å². The van der Waals surface area contributed by atoms with Crippen molar-refractivity contribution in [1.29, 1.82) is 0 Å². The number of allylic oxidation sites excluding steroid dienone is 1. The molecule has 0 aliphatic rings. The van der Waals surface area contributed by atoms with Crippen molar-refractivity contribution in [2.75, 3.05) is 0 Å². The molecule has 0 fully saturated rings. The molecule has 3 heteroatoms. The molecule has 0 unspecified atom stereocenters. The molecule has 2 rings (SSSR count). The molecule has 72 valence electrons. The fourth-order valence-electron chi connectivity index (χ4n) is 1.35. The van der Waals surface area contributed by atoms with E-state index in [0.717, 1.165) is 26.4 Å². The maximum atomic E-state index is 6.12. The normalized spacial score (nSPS) is 10.8. The molecule has 2 aromatic rings. The van der Waals surface area contributed by atoms with Crippen LogP contribution in [0.15, 0.2) is 18.7 Å². The van der Waals surface area contributed by atoms with Crippen LogP contribution < -0.4 is 0 Å². The maximum absolute atomic E-state index is 6.12. The molecular weight excluding hydrogens is 214 g/mol. The number of thiazole rings is 1. The molecule has 0 saturated carbocycles. The van der Waals surface area contributed by atoms with E-state index < -0.39 is 0 Å². The minimum absolute atomic E-state index is 0.713. The summed E-state index contributed by atoms with van der Waals surface area (Å²) in [7, 11) is 0. The van der Waals surface area contributed by atoms with Gasteiger partial charge in [0, 0.05) is 0 Å². The van der Waals surface area contributed by atoms with Gasteiger partial charge in [-0.05, 0) is 31.5 Å². The third-order valence-corrected chi connectivity index (χ3v) is 3.25. The van der Waals surface area contributed by atoms with Gasteiger partial charge in [0.25, 0.3) is 0 Å². The van der Waals surface area contributed by atoms with E-state index in [-0.39, 0.29) is 0 Å². The average Bonchev–Trinajstić information content (AvgIpc) is 2.45. The van der Waals surface area contributed by atoms with Gasteiger partial charge in [0.15, 0.2) is 0 Å². The van der Waals surface area contributed by atoms with E-state index in [1.807, 2.05) is 19.9 Å². The van der Waals surface area contributed by atoms with Crippen LogP contribution in [0.4, 0.5) is 0 Å². The van der Waals surface area contributed by atoms with Crippen LogP contribution in [0.2, 0.25) is 5.02 Å². The maximum Gasteiger partial charge on any atom is 0.100 e. The standard InChI is InChI=1S/C11H10ClNS/c1-6(2)8-4-9(12)11-10(5-8)14-7(3)13-11/h4-5H,1H2,2-3H3. The number of aromatic nitrogens is 1. The second kappa shape index (κ2) is 3.37. The predicted molar refractivity (Wildman–Crippen MR) is 64.1 cm³/mol. The molecule has 14 heavy (non-hydrogen) atoms. The molecular formula is C11H10ClNS. The van der Waals surface area contributed by atoms with Crippen LogP contribution in [0.3, 0.4) is 0 Å². The zero-order chi connectivity index (χ0) is 10.3. The second-order valence-electron chi connectivity index (χ2n) is 3.32. The van der Waals surface area contributed by atoms with Gasteiger partial charge in [-0.15, -0.1) is 11.3 Å². The number of halogens is 1. The molecule has 0 N–H and O–H groups in total. The first kappa shape index (κ1) is 9.69. The van der Waals surface area contributed by atoms with E-state index in [0.29, 0.717) is 5.02 Å². The third kappa shape index (κ3) is 1.56. The summed E-state index contributed by atoms with van der Waals surface area (Å²) in [5, 5.41) is 1.76. The van der Waals surface area contributed by atoms with Gasteiger partial charge in [-0.25, -0.2) is 4.98 Å². The Hall–Kier alpha value is -0.860. The number of nitrogens with zero attached hydrogens (tertiary/aromatic N) is 1. The molecule has 1 aromatic carbocycles. The lowest BCUT2D eigenvalue weighted by atomic mass is 10.1. The smallest absolute Gasteiger partial charge is 0.100 e. The lowest BCUT2D eigenvalue weighted by molar-refractivity contribution is 1.35. The summed E-state index contributed by atoms with van der Waals surface area (Å²) in [5.74, 6) is 0. The second-order valence-corrected chi connectivity index (χ2v) is 4.96. The molecule has 0 aliphatic heterocycles. The predicted octanol–water partition coefficient (Wildman–Crippen LogP) is 4.29. The molecule has 1 nitrogen and oxygen atoms in total. The summed E-state index contributed by atoms with van der Waals surface area (Å²) in [6.07, 6.45) is 0. The summed E-state index contributed by atoms with van der Waals surface area (Å²) >= 11 is 7.78. The van der Waals surface area contributed by atoms with Crippen LogP contribution in [-0.2, 0) is 0 Å². The first-order valence-electron chi connectivity index (χ1n) is 4.30. The third-order valence-electron chi connectivity index (χ3n) is 2.05. The van der Waals surface area contributed by atoms with E-state index in [1.54, 1.807) is 11.3 Å². The lowest BCUT2D eigenvalue weighted by Crippen LogP contribution is -1.79. The largest absolute Gasteiger partial charge is 0.240 e. The molecule has 1 heterocycles. The van der Waals surface area contributed by atoms with Gasteiger partial charge in [0.05, 0.1) is 14.7 Å². The van der Waals surface area contributed by atoms with Crippen molar-refractivity contribution in [3.05, 3.63) is 34.3 Å². The van der Waals surface area contributed by atoms with Crippen molar-refractivity contribution in [2.45, 2.75) is 13.8 Å². The van der Waals surface area contributed by atoms with Crippen molar-refractivity contribution in [3.8, 4) is 0 Å². The Labute approximate surface area is 92.0 Å². The monoisotopic (exact) mass is 223 g/mol. The minimum atomic E-state index is 0.713. The highest BCUT2D eigenvalue weighted by molar-refractivity contribution is 7.18. The summed E-state index contributed by atoms with van der Waals surface area (Å²) in [4.78, 5) is 4.37. The Kier molecular flexibility index (Phi) is 2.33. The van der Waals surface area contributed by atoms with E-state index in [9.17, 15) is 0 Å². The van der Waals surface area contributed by atoms with Crippen molar-refractivity contribution in [3.63, 3.8) is 0 Å². The summed E-state index contributed by atoms with van der Waals surface area (Å²) < 4.78 is 1.13. The number of benzene rings is 1. The Balaban J connectivity index is 2.77. The van der Waals surface area contributed by atoms with Crippen LogP contribution in [-0.4, -0.2) is 4.98 Å². The van der Waals surface area contributed by atoms with Gasteiger partial charge in [0.1, 0.15) is 5.52 Å². The highest BCUT2D eigenvalue weighted by atomic mass is 35.5. The molecule has 0 amide bonds. The van der Waals surface area contributed by atoms with Crippen LogP contribution in [0.1, 0.15) is 17.5 Å². The average molecular weight is 224 g/mol. The Morgan fingerprint density at radius 3 is 2.86 bits per heavy atom. The van der Waals surface area contributed by atoms with Crippen molar-refractivity contribution in [1.82, 2.24) is 4.98 Å². The summed E-state index contributed by atoms with van der Waals surface area (Å²) in [5.41, 5.74) is 3.02. The number of hydrogen-bond acceptors (Lipinski definition) is 2. The molecule has 0 bridgehead atoms. The van der Waals surface area contributed by atoms with Crippen LogP contribution in [0, 0.1) is 6.92 Å². The summed E-state index contributed by atoms with van der Waals surface area (Å²) in [6, 6.07) is 4.01. The fraction of sp³-hybridized carbons (Fsp3) is 0.182. The molecule has 0 spiro atoms. The van der Waals surface area contributed by atoms with E-state index in [1.165, 1.54) is 0 Å². The number of hydrogen-bond donors (Lipinski definition) is 0. The lowest BCUT2D eigenvalue weighted by Gasteiger charge is -2.00. The minimum Gasteiger partial charge on any atom is -0.240 e. The highest BCUT2D eigenvalue weighted by Crippen LogP contribution is 2.31. The van der Waals surface area contributed by atoms with Gasteiger partial charge >= 0.3 is 0 Å². The molecule has 0 saturated heterocycles. The molecule has 0 atom stereocenters.